The maximum Gasteiger partial charge on any atom is 0.155 e. The van der Waals surface area contributed by atoms with E-state index in [9.17, 15) is 0 Å². The highest BCUT2D eigenvalue weighted by Gasteiger charge is 1.91. The standard InChI is InChI=1S/C3H8N4O/c1-3(6-7-4)8-5-2/h3,5H,1-2H3. The van der Waals surface area contributed by atoms with E-state index in [0.29, 0.717) is 0 Å². The van der Waals surface area contributed by atoms with E-state index >= 15 is 0 Å². The van der Waals surface area contributed by atoms with Gasteiger partial charge in [-0.3, -0.25) is 4.84 Å². The number of hydrogen-bond acceptors (Lipinski definition) is 3. The van der Waals surface area contributed by atoms with Gasteiger partial charge in [0.2, 0.25) is 0 Å². The normalized spacial score (nSPS) is 12.2. The predicted octanol–water partition coefficient (Wildman–Crippen LogP) is 0.794. The first-order valence-electron chi connectivity index (χ1n) is 2.18. The number of hydroxylamine groups is 1. The highest BCUT2D eigenvalue weighted by Crippen LogP contribution is 1.86. The van der Waals surface area contributed by atoms with Gasteiger partial charge in [0.25, 0.3) is 0 Å². The molecular weight excluding hydrogens is 108 g/mol. The van der Waals surface area contributed by atoms with Crippen molar-refractivity contribution in [2.24, 2.45) is 5.11 Å². The Morgan fingerprint density at radius 1 is 1.88 bits per heavy atom. The number of nitrogens with zero attached hydrogens (tertiary/aromatic N) is 3. The maximum absolute atomic E-state index is 7.81. The van der Waals surface area contributed by atoms with Gasteiger partial charge < -0.3 is 0 Å². The minimum Gasteiger partial charge on any atom is -0.293 e. The lowest BCUT2D eigenvalue weighted by atomic mass is 10.7. The molecule has 5 heteroatoms. The molecule has 0 aromatic carbocycles. The first-order valence-corrected chi connectivity index (χ1v) is 2.18. The van der Waals surface area contributed by atoms with Crippen LogP contribution in [0.1, 0.15) is 6.92 Å². The van der Waals surface area contributed by atoms with E-state index in [4.69, 9.17) is 5.53 Å². The van der Waals surface area contributed by atoms with Crippen molar-refractivity contribution in [3.8, 4) is 0 Å². The van der Waals surface area contributed by atoms with Crippen molar-refractivity contribution in [2.75, 3.05) is 7.05 Å². The van der Waals surface area contributed by atoms with Crippen LogP contribution in [0.15, 0.2) is 5.11 Å². The molecule has 0 amide bonds. The number of rotatable bonds is 3. The van der Waals surface area contributed by atoms with E-state index in [-0.39, 0.29) is 0 Å². The molecule has 0 aromatic heterocycles. The van der Waals surface area contributed by atoms with Crippen LogP contribution in [0.5, 0.6) is 0 Å². The molecule has 0 radical (unpaired) electrons. The molecule has 0 bridgehead atoms. The summed E-state index contributed by atoms with van der Waals surface area (Å²) < 4.78 is 0. The van der Waals surface area contributed by atoms with Crippen molar-refractivity contribution >= 4 is 0 Å². The summed E-state index contributed by atoms with van der Waals surface area (Å²) in [5, 5.41) is 3.21. The van der Waals surface area contributed by atoms with Crippen molar-refractivity contribution in [1.82, 2.24) is 5.48 Å². The minimum absolute atomic E-state index is 0.440. The molecule has 1 N–H and O–H groups in total. The van der Waals surface area contributed by atoms with Crippen LogP contribution in [0.25, 0.3) is 10.4 Å². The van der Waals surface area contributed by atoms with E-state index in [1.807, 2.05) is 0 Å². The summed E-state index contributed by atoms with van der Waals surface area (Å²) in [7, 11) is 1.60. The van der Waals surface area contributed by atoms with E-state index in [0.717, 1.165) is 0 Å². The highest BCUT2D eigenvalue weighted by atomic mass is 16.7. The molecule has 8 heavy (non-hydrogen) atoms. The fourth-order valence-electron chi connectivity index (χ4n) is 0.267. The Labute approximate surface area is 47.2 Å². The third kappa shape index (κ3) is 3.42. The van der Waals surface area contributed by atoms with Gasteiger partial charge in [-0.15, -0.1) is 0 Å². The van der Waals surface area contributed by atoms with Crippen molar-refractivity contribution in [1.29, 1.82) is 0 Å². The number of hydrogen-bond donors (Lipinski definition) is 1. The number of azide groups is 1. The molecule has 0 spiro atoms. The second kappa shape index (κ2) is 4.39. The first-order chi connectivity index (χ1) is 3.81. The lowest BCUT2D eigenvalue weighted by Crippen LogP contribution is -2.14. The zero-order valence-corrected chi connectivity index (χ0v) is 4.83. The van der Waals surface area contributed by atoms with Gasteiger partial charge in [0.1, 0.15) is 0 Å². The van der Waals surface area contributed by atoms with Crippen LogP contribution < -0.4 is 5.48 Å². The lowest BCUT2D eigenvalue weighted by Gasteiger charge is -2.01. The summed E-state index contributed by atoms with van der Waals surface area (Å²) >= 11 is 0. The summed E-state index contributed by atoms with van der Waals surface area (Å²) in [6, 6.07) is 0. The Kier molecular flexibility index (Phi) is 3.97. The van der Waals surface area contributed by atoms with Crippen molar-refractivity contribution in [3.63, 3.8) is 0 Å². The second-order valence-electron chi connectivity index (χ2n) is 1.13. The molecule has 5 nitrogen and oxygen atoms in total. The Balaban J connectivity index is 3.31. The molecule has 0 aliphatic heterocycles. The Bertz CT molecular complexity index is 97.5. The SMILES string of the molecule is CNOC(C)N=[N+]=[N-]. The molecule has 1 atom stereocenters. The zero-order valence-electron chi connectivity index (χ0n) is 4.83. The Morgan fingerprint density at radius 3 is 2.88 bits per heavy atom. The summed E-state index contributed by atoms with van der Waals surface area (Å²) in [5.74, 6) is 0. The average Bonchev–Trinajstić information content (AvgIpc) is 1.68. The van der Waals surface area contributed by atoms with Crippen LogP contribution in [0.2, 0.25) is 0 Å². The van der Waals surface area contributed by atoms with Gasteiger partial charge >= 0.3 is 0 Å². The van der Waals surface area contributed by atoms with Crippen LogP contribution in [-0.4, -0.2) is 13.3 Å². The van der Waals surface area contributed by atoms with E-state index in [2.05, 4.69) is 20.3 Å². The van der Waals surface area contributed by atoms with E-state index in [1.54, 1.807) is 14.0 Å². The van der Waals surface area contributed by atoms with Gasteiger partial charge in [0, 0.05) is 12.0 Å². The predicted molar refractivity (Wildman–Crippen MR) is 28.8 cm³/mol. The lowest BCUT2D eigenvalue weighted by molar-refractivity contribution is 0.00298. The summed E-state index contributed by atoms with van der Waals surface area (Å²) in [4.78, 5) is 7.13. The fourth-order valence-corrected chi connectivity index (χ4v) is 0.267. The molecule has 0 aliphatic carbocycles. The maximum atomic E-state index is 7.81. The molecule has 0 saturated carbocycles. The monoisotopic (exact) mass is 116 g/mol. The van der Waals surface area contributed by atoms with Crippen molar-refractivity contribution in [2.45, 2.75) is 13.2 Å². The van der Waals surface area contributed by atoms with Crippen molar-refractivity contribution in [3.05, 3.63) is 10.4 Å². The van der Waals surface area contributed by atoms with Gasteiger partial charge in [-0.05, 0) is 12.5 Å². The minimum atomic E-state index is -0.440. The quantitative estimate of drug-likeness (QED) is 0.256. The summed E-state index contributed by atoms with van der Waals surface area (Å²) in [5.41, 5.74) is 10.2. The molecule has 0 aromatic rings. The van der Waals surface area contributed by atoms with Gasteiger partial charge in [-0.1, -0.05) is 5.11 Å². The number of nitrogens with one attached hydrogen (secondary N) is 1. The highest BCUT2D eigenvalue weighted by molar-refractivity contribution is 4.44. The average molecular weight is 116 g/mol. The topological polar surface area (TPSA) is 70.0 Å². The Morgan fingerprint density at radius 2 is 2.50 bits per heavy atom. The summed E-state index contributed by atoms with van der Waals surface area (Å²) in [6.45, 7) is 1.64. The molecule has 46 valence electrons. The second-order valence-corrected chi connectivity index (χ2v) is 1.13. The van der Waals surface area contributed by atoms with Crippen LogP contribution >= 0.6 is 0 Å². The van der Waals surface area contributed by atoms with Crippen LogP contribution in [-0.2, 0) is 4.84 Å². The van der Waals surface area contributed by atoms with Crippen LogP contribution in [0, 0.1) is 0 Å². The zero-order chi connectivity index (χ0) is 6.41. The third-order valence-electron chi connectivity index (χ3n) is 0.503. The smallest absolute Gasteiger partial charge is 0.155 e. The molecule has 0 aliphatic rings. The van der Waals surface area contributed by atoms with E-state index < -0.39 is 6.23 Å². The molecule has 0 rings (SSSR count). The third-order valence-corrected chi connectivity index (χ3v) is 0.503. The van der Waals surface area contributed by atoms with Gasteiger partial charge in [-0.25, -0.2) is 5.48 Å². The fraction of sp³-hybridized carbons (Fsp3) is 1.00. The molecule has 1 unspecified atom stereocenters. The van der Waals surface area contributed by atoms with Gasteiger partial charge in [-0.2, -0.15) is 0 Å². The van der Waals surface area contributed by atoms with E-state index in [1.165, 1.54) is 0 Å². The largest absolute Gasteiger partial charge is 0.293 e. The molecule has 0 heterocycles. The first kappa shape index (κ1) is 7.23. The Hall–Kier alpha value is -0.770. The van der Waals surface area contributed by atoms with Crippen LogP contribution in [0.3, 0.4) is 0 Å². The van der Waals surface area contributed by atoms with Crippen LogP contribution in [0.4, 0.5) is 0 Å². The van der Waals surface area contributed by atoms with Gasteiger partial charge in [0.15, 0.2) is 6.23 Å². The van der Waals surface area contributed by atoms with Gasteiger partial charge in [0.05, 0.1) is 0 Å². The molecular formula is C3H8N4O. The summed E-state index contributed by atoms with van der Waals surface area (Å²) in [6.07, 6.45) is -0.440. The molecule has 0 saturated heterocycles. The van der Waals surface area contributed by atoms with Crippen molar-refractivity contribution < 1.29 is 4.84 Å². The molecule has 0 fully saturated rings.